The molecule has 38 heavy (non-hydrogen) atoms. The number of carbonyl (C=O) groups excluding carboxylic acids is 1. The van der Waals surface area contributed by atoms with Crippen LogP contribution in [-0.2, 0) is 20.5 Å². The first-order valence-electron chi connectivity index (χ1n) is 12.6. The summed E-state index contributed by atoms with van der Waals surface area (Å²) < 4.78 is 29.3. The third kappa shape index (κ3) is 3.55. The van der Waals surface area contributed by atoms with Crippen LogP contribution in [0, 0.1) is 5.92 Å². The highest BCUT2D eigenvalue weighted by Crippen LogP contribution is 2.71. The van der Waals surface area contributed by atoms with Gasteiger partial charge in [0.2, 0.25) is 0 Å². The zero-order valence-corrected chi connectivity index (χ0v) is 22.0. The van der Waals surface area contributed by atoms with Gasteiger partial charge in [0.05, 0.1) is 38.8 Å². The van der Waals surface area contributed by atoms with E-state index in [1.165, 1.54) is 7.11 Å². The van der Waals surface area contributed by atoms with Crippen molar-refractivity contribution in [2.75, 3.05) is 34.5 Å². The van der Waals surface area contributed by atoms with Gasteiger partial charge in [0.15, 0.2) is 5.60 Å². The number of benzene rings is 3. The topological polar surface area (TPSA) is 109 Å². The predicted octanol–water partition coefficient (Wildman–Crippen LogP) is 3.53. The number of methoxy groups -OCH3 is 3. The highest BCUT2D eigenvalue weighted by molar-refractivity contribution is 5.78. The van der Waals surface area contributed by atoms with E-state index in [1.807, 2.05) is 61.5 Å². The minimum atomic E-state index is -1.21. The van der Waals surface area contributed by atoms with Gasteiger partial charge in [-0.1, -0.05) is 42.5 Å². The highest BCUT2D eigenvalue weighted by Gasteiger charge is 2.76. The van der Waals surface area contributed by atoms with Gasteiger partial charge in [-0.3, -0.25) is 4.79 Å². The number of fused-ring (bicyclic) bond motifs is 3. The number of hydrogen-bond acceptors (Lipinski definition) is 8. The van der Waals surface area contributed by atoms with E-state index < -0.39 is 34.9 Å². The number of nitrogens with two attached hydrogens (primary N) is 1. The molecule has 8 heteroatoms. The van der Waals surface area contributed by atoms with E-state index in [0.717, 1.165) is 11.1 Å². The Balaban J connectivity index is 1.84. The molecule has 3 aromatic carbocycles. The van der Waals surface area contributed by atoms with Gasteiger partial charge in [-0.25, -0.2) is 0 Å². The number of carbonyl (C=O) groups is 1. The average molecular weight is 520 g/mol. The zero-order valence-electron chi connectivity index (χ0n) is 22.0. The van der Waals surface area contributed by atoms with E-state index in [9.17, 15) is 9.90 Å². The lowest BCUT2D eigenvalue weighted by Gasteiger charge is -2.42. The molecule has 0 spiro atoms. The Morgan fingerprint density at radius 1 is 1.00 bits per heavy atom. The number of aliphatic hydroxyl groups excluding tert-OH is 1. The van der Waals surface area contributed by atoms with Gasteiger partial charge >= 0.3 is 5.97 Å². The average Bonchev–Trinajstić information content (AvgIpc) is 3.33. The van der Waals surface area contributed by atoms with E-state index in [0.29, 0.717) is 41.7 Å². The van der Waals surface area contributed by atoms with Crippen molar-refractivity contribution in [3.05, 3.63) is 83.4 Å². The summed E-state index contributed by atoms with van der Waals surface area (Å²) in [6.07, 6.45) is -1.17. The summed E-state index contributed by atoms with van der Waals surface area (Å²) in [5, 5.41) is 12.1. The Bertz CT molecular complexity index is 1310. The van der Waals surface area contributed by atoms with Gasteiger partial charge in [0.25, 0.3) is 0 Å². The summed E-state index contributed by atoms with van der Waals surface area (Å²) >= 11 is 0. The van der Waals surface area contributed by atoms with Gasteiger partial charge < -0.3 is 34.5 Å². The largest absolute Gasteiger partial charge is 0.497 e. The smallest absolute Gasteiger partial charge is 0.312 e. The summed E-state index contributed by atoms with van der Waals surface area (Å²) in [6, 6.07) is 20.7. The van der Waals surface area contributed by atoms with Crippen molar-refractivity contribution in [2.24, 2.45) is 11.7 Å². The molecule has 1 aliphatic carbocycles. The monoisotopic (exact) mass is 519 g/mol. The summed E-state index contributed by atoms with van der Waals surface area (Å²) in [7, 11) is 4.50. The Hall–Kier alpha value is -3.75. The van der Waals surface area contributed by atoms with Crippen LogP contribution >= 0.6 is 0 Å². The van der Waals surface area contributed by atoms with Gasteiger partial charge in [-0.05, 0) is 30.2 Å². The minimum Gasteiger partial charge on any atom is -0.497 e. The number of rotatable bonds is 8. The maximum absolute atomic E-state index is 13.4. The van der Waals surface area contributed by atoms with Gasteiger partial charge in [-0.2, -0.15) is 0 Å². The van der Waals surface area contributed by atoms with Crippen LogP contribution in [0.5, 0.6) is 23.0 Å². The molecular formula is C30H33NO7. The molecule has 3 aromatic rings. The molecule has 1 aliphatic heterocycles. The fraction of sp³-hybridized carbons (Fsp3) is 0.367. The molecule has 1 heterocycles. The van der Waals surface area contributed by atoms with Crippen LogP contribution in [0.4, 0.5) is 0 Å². The molecule has 5 rings (SSSR count). The zero-order chi connectivity index (χ0) is 27.1. The van der Waals surface area contributed by atoms with Crippen LogP contribution in [0.3, 0.4) is 0 Å². The molecule has 200 valence electrons. The minimum absolute atomic E-state index is 0.322. The summed E-state index contributed by atoms with van der Waals surface area (Å²) in [5.74, 6) is 0.186. The van der Waals surface area contributed by atoms with Crippen molar-refractivity contribution in [3.8, 4) is 23.0 Å². The van der Waals surface area contributed by atoms with E-state index in [1.54, 1.807) is 26.4 Å². The van der Waals surface area contributed by atoms with E-state index >= 15 is 0 Å². The van der Waals surface area contributed by atoms with Crippen LogP contribution in [-0.4, -0.2) is 51.7 Å². The second-order valence-electron chi connectivity index (χ2n) is 9.79. The number of hydrogen-bond donors (Lipinski definition) is 2. The fourth-order valence-corrected chi connectivity index (χ4v) is 6.47. The molecule has 5 atom stereocenters. The fourth-order valence-electron chi connectivity index (χ4n) is 6.47. The molecule has 1 fully saturated rings. The van der Waals surface area contributed by atoms with Crippen LogP contribution < -0.4 is 24.7 Å². The maximum Gasteiger partial charge on any atom is 0.312 e. The number of ether oxygens (including phenoxy) is 5. The first-order chi connectivity index (χ1) is 18.4. The quantitative estimate of drug-likeness (QED) is 0.435. The Morgan fingerprint density at radius 2 is 1.71 bits per heavy atom. The number of aliphatic hydroxyl groups is 1. The Labute approximate surface area is 222 Å². The molecule has 0 bridgehead atoms. The standard InChI is InChI=1S/C30H33NO7/c1-29-26-22(35-3)16-21(37-15-14-31)17-23(26)38-30(29,19-10-12-20(34-2)13-11-19)25(18-8-6-5-7-9-18)24(27(29)32)28(33)36-4/h5-13,16-17,24-25,27,32H,14-15,31H2,1-4H3/t24-,25-,27-,29-,30+/m1/s1. The normalized spacial score (nSPS) is 27.2. The molecule has 0 radical (unpaired) electrons. The summed E-state index contributed by atoms with van der Waals surface area (Å²) in [4.78, 5) is 13.4. The molecule has 2 aliphatic rings. The first-order valence-corrected chi connectivity index (χ1v) is 12.6. The van der Waals surface area contributed by atoms with Crippen LogP contribution in [0.15, 0.2) is 66.7 Å². The lowest BCUT2D eigenvalue weighted by atomic mass is 9.64. The second kappa shape index (κ2) is 9.85. The maximum atomic E-state index is 13.4. The van der Waals surface area contributed by atoms with E-state index in [2.05, 4.69) is 0 Å². The molecule has 8 nitrogen and oxygen atoms in total. The van der Waals surface area contributed by atoms with Crippen LogP contribution in [0.1, 0.15) is 29.5 Å². The third-order valence-electron chi connectivity index (χ3n) is 8.09. The Kier molecular flexibility index (Phi) is 6.71. The molecule has 1 saturated carbocycles. The molecule has 0 aromatic heterocycles. The van der Waals surface area contributed by atoms with Gasteiger partial charge in [0, 0.05) is 30.2 Å². The lowest BCUT2D eigenvalue weighted by molar-refractivity contribution is -0.149. The predicted molar refractivity (Wildman–Crippen MR) is 141 cm³/mol. The van der Waals surface area contributed by atoms with Crippen molar-refractivity contribution in [1.82, 2.24) is 0 Å². The molecular weight excluding hydrogens is 486 g/mol. The molecule has 0 amide bonds. The van der Waals surface area contributed by atoms with E-state index in [-0.39, 0.29) is 0 Å². The highest BCUT2D eigenvalue weighted by atomic mass is 16.5. The van der Waals surface area contributed by atoms with Crippen molar-refractivity contribution in [3.63, 3.8) is 0 Å². The van der Waals surface area contributed by atoms with Crippen LogP contribution in [0.2, 0.25) is 0 Å². The molecule has 0 unspecified atom stereocenters. The van der Waals surface area contributed by atoms with Crippen molar-refractivity contribution < 1.29 is 33.6 Å². The van der Waals surface area contributed by atoms with Gasteiger partial charge in [-0.15, -0.1) is 0 Å². The van der Waals surface area contributed by atoms with Crippen molar-refractivity contribution >= 4 is 5.97 Å². The van der Waals surface area contributed by atoms with E-state index in [4.69, 9.17) is 29.4 Å². The van der Waals surface area contributed by atoms with Crippen LogP contribution in [0.25, 0.3) is 0 Å². The molecule has 0 saturated heterocycles. The van der Waals surface area contributed by atoms with Gasteiger partial charge in [0.1, 0.15) is 29.6 Å². The summed E-state index contributed by atoms with van der Waals surface area (Å²) in [6.45, 7) is 2.60. The number of esters is 1. The lowest BCUT2D eigenvalue weighted by Crippen LogP contribution is -2.50. The third-order valence-corrected chi connectivity index (χ3v) is 8.09. The van der Waals surface area contributed by atoms with Crippen molar-refractivity contribution in [2.45, 2.75) is 30.0 Å². The van der Waals surface area contributed by atoms with Crippen molar-refractivity contribution in [1.29, 1.82) is 0 Å². The Morgan fingerprint density at radius 3 is 2.32 bits per heavy atom. The summed E-state index contributed by atoms with van der Waals surface area (Å²) in [5.41, 5.74) is 5.62. The molecule has 3 N–H and O–H groups in total. The second-order valence-corrected chi connectivity index (χ2v) is 9.79. The SMILES string of the molecule is COC(=O)[C@H]1[C@@H](O)[C@@]2(C)c3c(OC)cc(OCCN)cc3O[C@@]2(c2ccc(OC)cc2)[C@@H]1c1ccccc1. The first kappa shape index (κ1) is 25.9.